The smallest absolute Gasteiger partial charge is 0.308 e. The molecule has 7 heteroatoms. The number of carbonyl (C=O) groups excluding carboxylic acids is 1. The zero-order chi connectivity index (χ0) is 17.9. The number of hydrogen-bond acceptors (Lipinski definition) is 3. The van der Waals surface area contributed by atoms with Gasteiger partial charge in [-0.2, -0.15) is 0 Å². The molecule has 0 atom stereocenters. The molecular formula is C19H27BrIN3O2. The van der Waals surface area contributed by atoms with Crippen molar-refractivity contribution >= 4 is 51.8 Å². The molecule has 2 fully saturated rings. The molecular weight excluding hydrogens is 509 g/mol. The van der Waals surface area contributed by atoms with Crippen LogP contribution in [0.5, 0.6) is 0 Å². The molecule has 1 heterocycles. The van der Waals surface area contributed by atoms with Crippen molar-refractivity contribution in [2.75, 3.05) is 33.8 Å². The van der Waals surface area contributed by atoms with Gasteiger partial charge in [-0.15, -0.1) is 24.0 Å². The van der Waals surface area contributed by atoms with Crippen LogP contribution in [0.15, 0.2) is 33.7 Å². The Labute approximate surface area is 181 Å². The van der Waals surface area contributed by atoms with Crippen LogP contribution in [-0.4, -0.2) is 50.6 Å². The lowest BCUT2D eigenvalue weighted by molar-refractivity contribution is -0.146. The SMILES string of the molecule is CN=C(NCC1(c2ccccc2Br)CC1)N1CCC(C(=O)OC)CC1.I. The maximum Gasteiger partial charge on any atom is 0.308 e. The van der Waals surface area contributed by atoms with E-state index in [0.29, 0.717) is 0 Å². The molecule has 144 valence electrons. The fraction of sp³-hybridized carbons (Fsp3) is 0.579. The topological polar surface area (TPSA) is 53.9 Å². The van der Waals surface area contributed by atoms with Crippen molar-refractivity contribution in [3.8, 4) is 0 Å². The number of hydrogen-bond donors (Lipinski definition) is 1. The number of benzene rings is 1. The van der Waals surface area contributed by atoms with E-state index in [9.17, 15) is 4.79 Å². The van der Waals surface area contributed by atoms with Gasteiger partial charge in [0.15, 0.2) is 5.96 Å². The molecule has 2 aliphatic rings. The van der Waals surface area contributed by atoms with Gasteiger partial charge in [0.1, 0.15) is 0 Å². The van der Waals surface area contributed by atoms with E-state index in [1.807, 2.05) is 7.05 Å². The van der Waals surface area contributed by atoms with E-state index >= 15 is 0 Å². The Hall–Kier alpha value is -0.830. The first-order chi connectivity index (χ1) is 12.1. The molecule has 1 saturated carbocycles. The van der Waals surface area contributed by atoms with E-state index in [2.05, 4.69) is 55.4 Å². The summed E-state index contributed by atoms with van der Waals surface area (Å²) in [6.45, 7) is 2.56. The van der Waals surface area contributed by atoms with Gasteiger partial charge < -0.3 is 15.0 Å². The highest BCUT2D eigenvalue weighted by Gasteiger charge is 2.45. The van der Waals surface area contributed by atoms with Crippen molar-refractivity contribution in [3.05, 3.63) is 34.3 Å². The first kappa shape index (κ1) is 21.5. The zero-order valence-electron chi connectivity index (χ0n) is 15.3. The van der Waals surface area contributed by atoms with Gasteiger partial charge in [-0.1, -0.05) is 34.1 Å². The van der Waals surface area contributed by atoms with Gasteiger partial charge in [-0.05, 0) is 37.3 Å². The van der Waals surface area contributed by atoms with Crippen molar-refractivity contribution in [1.82, 2.24) is 10.2 Å². The fourth-order valence-corrected chi connectivity index (χ4v) is 4.36. The summed E-state index contributed by atoms with van der Waals surface area (Å²) >= 11 is 3.69. The molecule has 5 nitrogen and oxygen atoms in total. The summed E-state index contributed by atoms with van der Waals surface area (Å²) in [6.07, 6.45) is 4.04. The molecule has 26 heavy (non-hydrogen) atoms. The van der Waals surface area contributed by atoms with Crippen LogP contribution in [0, 0.1) is 5.92 Å². The van der Waals surface area contributed by atoms with E-state index in [4.69, 9.17) is 4.74 Å². The number of rotatable bonds is 4. The average molecular weight is 536 g/mol. The first-order valence-corrected chi connectivity index (χ1v) is 9.67. The molecule has 0 unspecified atom stereocenters. The minimum atomic E-state index is -0.0894. The highest BCUT2D eigenvalue weighted by atomic mass is 127. The molecule has 0 aromatic heterocycles. The highest BCUT2D eigenvalue weighted by Crippen LogP contribution is 2.49. The molecule has 1 aromatic rings. The summed E-state index contributed by atoms with van der Waals surface area (Å²) in [6, 6.07) is 8.49. The Morgan fingerprint density at radius 3 is 2.54 bits per heavy atom. The number of nitrogens with zero attached hydrogens (tertiary/aromatic N) is 2. The number of likely N-dealkylation sites (tertiary alicyclic amines) is 1. The van der Waals surface area contributed by atoms with Crippen molar-refractivity contribution < 1.29 is 9.53 Å². The number of aliphatic imine (C=N–C) groups is 1. The molecule has 0 amide bonds. The van der Waals surface area contributed by atoms with Gasteiger partial charge in [-0.25, -0.2) is 0 Å². The molecule has 0 bridgehead atoms. The van der Waals surface area contributed by atoms with Gasteiger partial charge in [0.05, 0.1) is 13.0 Å². The Morgan fingerprint density at radius 2 is 2.00 bits per heavy atom. The zero-order valence-corrected chi connectivity index (χ0v) is 19.2. The number of carbonyl (C=O) groups is 1. The predicted molar refractivity (Wildman–Crippen MR) is 118 cm³/mol. The fourth-order valence-electron chi connectivity index (χ4n) is 3.66. The summed E-state index contributed by atoms with van der Waals surface area (Å²) < 4.78 is 6.05. The molecule has 3 rings (SSSR count). The van der Waals surface area contributed by atoms with Crippen LogP contribution in [0.2, 0.25) is 0 Å². The standard InChI is InChI=1S/C19H26BrN3O2.HI/c1-21-18(23-11-7-14(8-12-23)17(24)25-2)22-13-19(9-10-19)15-5-3-4-6-16(15)20;/h3-6,14H,7-13H2,1-2H3,(H,21,22);1H. The van der Waals surface area contributed by atoms with Crippen molar-refractivity contribution in [2.24, 2.45) is 10.9 Å². The number of ether oxygens (including phenoxy) is 1. The lowest BCUT2D eigenvalue weighted by Gasteiger charge is -2.34. The van der Waals surface area contributed by atoms with Crippen LogP contribution in [0.1, 0.15) is 31.2 Å². The summed E-state index contributed by atoms with van der Waals surface area (Å²) in [4.78, 5) is 18.4. The predicted octanol–water partition coefficient (Wildman–Crippen LogP) is 3.56. The van der Waals surface area contributed by atoms with Crippen molar-refractivity contribution in [1.29, 1.82) is 0 Å². The lowest BCUT2D eigenvalue weighted by atomic mass is 9.95. The molecule has 1 saturated heterocycles. The molecule has 1 aliphatic heterocycles. The summed E-state index contributed by atoms with van der Waals surface area (Å²) in [5.41, 5.74) is 1.59. The second-order valence-electron chi connectivity index (χ2n) is 6.95. The second kappa shape index (κ2) is 9.39. The Morgan fingerprint density at radius 1 is 1.35 bits per heavy atom. The second-order valence-corrected chi connectivity index (χ2v) is 7.80. The highest BCUT2D eigenvalue weighted by molar-refractivity contribution is 14.0. The van der Waals surface area contributed by atoms with E-state index in [1.54, 1.807) is 0 Å². The van der Waals surface area contributed by atoms with Crippen LogP contribution in [0.3, 0.4) is 0 Å². The third-order valence-corrected chi connectivity index (χ3v) is 6.12. The Kier molecular flexibility index (Phi) is 7.76. The quantitative estimate of drug-likeness (QED) is 0.277. The van der Waals surface area contributed by atoms with Crippen LogP contribution < -0.4 is 5.32 Å². The molecule has 1 N–H and O–H groups in total. The van der Waals surface area contributed by atoms with E-state index in [-0.39, 0.29) is 41.3 Å². The number of esters is 1. The van der Waals surface area contributed by atoms with Gasteiger partial charge >= 0.3 is 5.97 Å². The third-order valence-electron chi connectivity index (χ3n) is 5.42. The Balaban J connectivity index is 0.00000243. The minimum Gasteiger partial charge on any atom is -0.469 e. The minimum absolute atomic E-state index is 0. The average Bonchev–Trinajstić information content (AvgIpc) is 3.43. The van der Waals surface area contributed by atoms with Gasteiger partial charge in [0.2, 0.25) is 0 Å². The van der Waals surface area contributed by atoms with Crippen molar-refractivity contribution in [2.45, 2.75) is 31.1 Å². The Bertz CT molecular complexity index is 656. The summed E-state index contributed by atoms with van der Waals surface area (Å²) in [5.74, 6) is 0.865. The number of halogens is 2. The summed E-state index contributed by atoms with van der Waals surface area (Å²) in [5, 5.41) is 3.56. The van der Waals surface area contributed by atoms with Gasteiger partial charge in [-0.3, -0.25) is 9.79 Å². The largest absolute Gasteiger partial charge is 0.469 e. The van der Waals surface area contributed by atoms with Crippen LogP contribution in [0.25, 0.3) is 0 Å². The van der Waals surface area contributed by atoms with E-state index in [0.717, 1.165) is 38.4 Å². The normalized spacial score (nSPS) is 19.5. The van der Waals surface area contributed by atoms with Crippen LogP contribution in [0.4, 0.5) is 0 Å². The van der Waals surface area contributed by atoms with E-state index < -0.39 is 0 Å². The maximum atomic E-state index is 11.7. The number of nitrogens with one attached hydrogen (secondary N) is 1. The number of guanidine groups is 1. The lowest BCUT2D eigenvalue weighted by Crippen LogP contribution is -2.48. The molecule has 0 spiro atoms. The van der Waals surface area contributed by atoms with Gasteiger partial charge in [0.25, 0.3) is 0 Å². The molecule has 1 aliphatic carbocycles. The maximum absolute atomic E-state index is 11.7. The van der Waals surface area contributed by atoms with E-state index in [1.165, 1.54) is 30.0 Å². The number of piperidine rings is 1. The molecule has 1 aromatic carbocycles. The monoisotopic (exact) mass is 535 g/mol. The van der Waals surface area contributed by atoms with Crippen LogP contribution >= 0.6 is 39.9 Å². The molecule has 0 radical (unpaired) electrons. The first-order valence-electron chi connectivity index (χ1n) is 8.88. The van der Waals surface area contributed by atoms with Gasteiger partial charge in [0, 0.05) is 36.6 Å². The third kappa shape index (κ3) is 4.71. The van der Waals surface area contributed by atoms with Crippen LogP contribution in [-0.2, 0) is 14.9 Å². The number of methoxy groups -OCH3 is 1. The summed E-state index contributed by atoms with van der Waals surface area (Å²) in [7, 11) is 3.29. The van der Waals surface area contributed by atoms with Crippen molar-refractivity contribution in [3.63, 3.8) is 0 Å².